The standard InChI is InChI=1S/C30H35F4N7O3S/c1-4-16-9-21(25(31)23(5-2)40(16)3)37-20-8-6-7-18-19(10-30(32,33)34)27(45-26(18)20)28-38-24(44-39-28)11-35-29(42)22-12-41(15-36-22)17-13-43-14-17/h6-8,12,15-17,21,23,25,37H,4-5,9-11,13-14H2,1-3H3,(H,35,42). The number of likely N-dealkylation sites (tertiary alicyclic amines) is 1. The van der Waals surface area contributed by atoms with Crippen molar-refractivity contribution < 1.29 is 31.6 Å². The minimum atomic E-state index is -4.50. The Kier molecular flexibility index (Phi) is 8.85. The van der Waals surface area contributed by atoms with Crippen molar-refractivity contribution in [1.29, 1.82) is 0 Å². The number of alkyl halides is 4. The molecule has 2 fully saturated rings. The highest BCUT2D eigenvalue weighted by Crippen LogP contribution is 2.44. The van der Waals surface area contributed by atoms with Crippen LogP contribution in [0.25, 0.3) is 20.8 Å². The fraction of sp³-hybridized carbons (Fsp3) is 0.533. The first-order chi connectivity index (χ1) is 21.6. The van der Waals surface area contributed by atoms with Gasteiger partial charge in [-0.25, -0.2) is 9.37 Å². The first-order valence-corrected chi connectivity index (χ1v) is 15.8. The van der Waals surface area contributed by atoms with Gasteiger partial charge in [0.1, 0.15) is 11.9 Å². The molecule has 0 radical (unpaired) electrons. The third-order valence-electron chi connectivity index (χ3n) is 8.75. The average molecular weight is 650 g/mol. The summed E-state index contributed by atoms with van der Waals surface area (Å²) in [5, 5.41) is 10.4. The number of hydrogen-bond acceptors (Lipinski definition) is 9. The number of carbonyl (C=O) groups excluding carboxylic acids is 1. The number of nitrogens with one attached hydrogen (secondary N) is 2. The number of thiophene rings is 1. The van der Waals surface area contributed by atoms with E-state index >= 15 is 4.39 Å². The summed E-state index contributed by atoms with van der Waals surface area (Å²) in [4.78, 5) is 23.4. The normalized spacial score (nSPS) is 22.9. The molecule has 2 saturated heterocycles. The first-order valence-electron chi connectivity index (χ1n) is 15.0. The number of benzene rings is 1. The van der Waals surface area contributed by atoms with E-state index in [2.05, 4.69) is 37.6 Å². The number of ether oxygens (including phenoxy) is 1. The lowest BCUT2D eigenvalue weighted by atomic mass is 9.87. The molecule has 10 nitrogen and oxygen atoms in total. The van der Waals surface area contributed by atoms with Gasteiger partial charge in [-0.05, 0) is 43.3 Å². The van der Waals surface area contributed by atoms with Crippen molar-refractivity contribution in [2.45, 2.75) is 82.6 Å². The van der Waals surface area contributed by atoms with Crippen LogP contribution in [0.5, 0.6) is 0 Å². The third kappa shape index (κ3) is 6.42. The van der Waals surface area contributed by atoms with Gasteiger partial charge in [0.2, 0.25) is 11.7 Å². The van der Waals surface area contributed by atoms with Crippen molar-refractivity contribution in [1.82, 2.24) is 29.9 Å². The third-order valence-corrected chi connectivity index (χ3v) is 10.0. The van der Waals surface area contributed by atoms with Crippen molar-refractivity contribution in [3.63, 3.8) is 0 Å². The summed E-state index contributed by atoms with van der Waals surface area (Å²) in [6.45, 7) is 5.01. The summed E-state index contributed by atoms with van der Waals surface area (Å²) in [7, 11) is 1.95. The van der Waals surface area contributed by atoms with Crippen LogP contribution in [-0.4, -0.2) is 81.2 Å². The quantitative estimate of drug-likeness (QED) is 0.209. The van der Waals surface area contributed by atoms with E-state index in [0.717, 1.165) is 17.8 Å². The zero-order valence-corrected chi connectivity index (χ0v) is 25.9. The first kappa shape index (κ1) is 31.4. The molecule has 4 aromatic rings. The van der Waals surface area contributed by atoms with Crippen molar-refractivity contribution in [3.8, 4) is 10.7 Å². The van der Waals surface area contributed by atoms with Gasteiger partial charge in [0, 0.05) is 18.3 Å². The summed E-state index contributed by atoms with van der Waals surface area (Å²) in [5.74, 6) is -0.443. The maximum absolute atomic E-state index is 15.7. The number of carbonyl (C=O) groups is 1. The van der Waals surface area contributed by atoms with E-state index in [0.29, 0.717) is 41.8 Å². The van der Waals surface area contributed by atoms with Crippen LogP contribution in [0.1, 0.15) is 61.1 Å². The highest BCUT2D eigenvalue weighted by Gasteiger charge is 2.40. The molecule has 1 amide bonds. The minimum absolute atomic E-state index is 0.0142. The highest BCUT2D eigenvalue weighted by molar-refractivity contribution is 7.23. The average Bonchev–Trinajstić information content (AvgIpc) is 3.72. The lowest BCUT2D eigenvalue weighted by Gasteiger charge is -2.45. The molecule has 1 aromatic carbocycles. The molecule has 4 atom stereocenters. The maximum atomic E-state index is 15.7. The van der Waals surface area contributed by atoms with Gasteiger partial charge in [-0.2, -0.15) is 18.2 Å². The van der Waals surface area contributed by atoms with Crippen LogP contribution in [-0.2, 0) is 17.7 Å². The van der Waals surface area contributed by atoms with Crippen LogP contribution in [0.2, 0.25) is 0 Å². The van der Waals surface area contributed by atoms with Crippen LogP contribution in [0.3, 0.4) is 0 Å². The molecule has 2 N–H and O–H groups in total. The Morgan fingerprint density at radius 1 is 1.20 bits per heavy atom. The molecule has 2 aliphatic heterocycles. The molecular formula is C30H35F4N7O3S. The van der Waals surface area contributed by atoms with E-state index in [4.69, 9.17) is 9.26 Å². The second kappa shape index (κ2) is 12.7. The fourth-order valence-electron chi connectivity index (χ4n) is 6.21. The Hall–Kier alpha value is -3.56. The van der Waals surface area contributed by atoms with Gasteiger partial charge in [-0.15, -0.1) is 11.3 Å². The summed E-state index contributed by atoms with van der Waals surface area (Å²) < 4.78 is 70.0. The van der Waals surface area contributed by atoms with Crippen LogP contribution in [0, 0.1) is 0 Å². The number of amides is 1. The van der Waals surface area contributed by atoms with Crippen LogP contribution < -0.4 is 10.6 Å². The van der Waals surface area contributed by atoms with E-state index in [1.54, 1.807) is 35.3 Å². The number of piperidine rings is 1. The number of anilines is 1. The van der Waals surface area contributed by atoms with E-state index in [1.165, 1.54) is 0 Å². The van der Waals surface area contributed by atoms with Gasteiger partial charge in [-0.3, -0.25) is 9.69 Å². The SMILES string of the molecule is CCC1CC(Nc2cccc3c(CC(F)(F)F)c(-c4noc(CNC(=O)c5cn(C6COC6)cn5)n4)sc23)C(F)C(CC)N1C. The van der Waals surface area contributed by atoms with Crippen molar-refractivity contribution in [2.24, 2.45) is 0 Å². The van der Waals surface area contributed by atoms with Crippen LogP contribution in [0.4, 0.5) is 23.2 Å². The molecule has 0 spiro atoms. The van der Waals surface area contributed by atoms with Crippen molar-refractivity contribution in [3.05, 3.63) is 47.9 Å². The second-order valence-electron chi connectivity index (χ2n) is 11.6. The van der Waals surface area contributed by atoms with Gasteiger partial charge >= 0.3 is 6.18 Å². The van der Waals surface area contributed by atoms with Crippen LogP contribution >= 0.6 is 11.3 Å². The number of fused-ring (bicyclic) bond motifs is 1. The Morgan fingerprint density at radius 2 is 2.00 bits per heavy atom. The van der Waals surface area contributed by atoms with E-state index in [9.17, 15) is 18.0 Å². The predicted molar refractivity (Wildman–Crippen MR) is 161 cm³/mol. The Bertz CT molecular complexity index is 1650. The lowest BCUT2D eigenvalue weighted by Crippen LogP contribution is -2.57. The predicted octanol–water partition coefficient (Wildman–Crippen LogP) is 5.77. The number of imidazole rings is 1. The van der Waals surface area contributed by atoms with E-state index in [1.807, 2.05) is 14.0 Å². The van der Waals surface area contributed by atoms with Gasteiger partial charge in [0.15, 0.2) is 0 Å². The molecule has 0 saturated carbocycles. The summed E-state index contributed by atoms with van der Waals surface area (Å²) in [6, 6.07) is 4.65. The molecular weight excluding hydrogens is 614 g/mol. The Morgan fingerprint density at radius 3 is 2.69 bits per heavy atom. The number of nitrogens with zero attached hydrogens (tertiary/aromatic N) is 5. The summed E-state index contributed by atoms with van der Waals surface area (Å²) in [6.07, 6.45) is -1.58. The number of aromatic nitrogens is 4. The zero-order chi connectivity index (χ0) is 31.9. The topological polar surface area (TPSA) is 110 Å². The highest BCUT2D eigenvalue weighted by atomic mass is 32.1. The van der Waals surface area contributed by atoms with E-state index < -0.39 is 30.7 Å². The van der Waals surface area contributed by atoms with Gasteiger partial charge in [0.25, 0.3) is 5.91 Å². The number of hydrogen-bond donors (Lipinski definition) is 2. The van der Waals surface area contributed by atoms with Crippen LogP contribution in [0.15, 0.2) is 35.2 Å². The number of rotatable bonds is 10. The largest absolute Gasteiger partial charge is 0.393 e. The molecule has 15 heteroatoms. The minimum Gasteiger partial charge on any atom is -0.378 e. The molecule has 0 bridgehead atoms. The Balaban J connectivity index is 1.25. The van der Waals surface area contributed by atoms with Gasteiger partial charge in [0.05, 0.1) is 59.9 Å². The molecule has 242 valence electrons. The maximum Gasteiger partial charge on any atom is 0.393 e. The van der Waals surface area contributed by atoms with Crippen molar-refractivity contribution >= 4 is 33.0 Å². The second-order valence-corrected chi connectivity index (χ2v) is 12.6. The molecule has 0 aliphatic carbocycles. The zero-order valence-electron chi connectivity index (χ0n) is 25.1. The smallest absolute Gasteiger partial charge is 0.378 e. The van der Waals surface area contributed by atoms with Crippen molar-refractivity contribution in [2.75, 3.05) is 25.6 Å². The monoisotopic (exact) mass is 649 g/mol. The molecule has 3 aromatic heterocycles. The molecule has 6 rings (SSSR count). The summed E-state index contributed by atoms with van der Waals surface area (Å²) >= 11 is 1.10. The van der Waals surface area contributed by atoms with Gasteiger partial charge < -0.3 is 24.5 Å². The van der Waals surface area contributed by atoms with Gasteiger partial charge in [-0.1, -0.05) is 31.1 Å². The molecule has 5 heterocycles. The number of halogens is 4. The lowest BCUT2D eigenvalue weighted by molar-refractivity contribution is -0.126. The van der Waals surface area contributed by atoms with E-state index in [-0.39, 0.29) is 52.5 Å². The molecule has 45 heavy (non-hydrogen) atoms. The fourth-order valence-corrected chi connectivity index (χ4v) is 7.44. The Labute approximate surface area is 261 Å². The summed E-state index contributed by atoms with van der Waals surface area (Å²) in [5.41, 5.74) is 0.790. The molecule has 2 aliphatic rings. The molecule has 4 unspecified atom stereocenters.